The zero-order valence-corrected chi connectivity index (χ0v) is 15.0. The molecule has 1 aromatic carbocycles. The van der Waals surface area contributed by atoms with Crippen molar-refractivity contribution in [1.29, 1.82) is 0 Å². The molecule has 0 aliphatic carbocycles. The van der Waals surface area contributed by atoms with E-state index in [-0.39, 0.29) is 11.9 Å². The number of amides is 1. The van der Waals surface area contributed by atoms with E-state index in [9.17, 15) is 4.79 Å². The molecule has 130 valence electrons. The SMILES string of the molecule is CCOc1ccc(NC(=O)[C@H](CC)n2c(N)nnc2SCC)cc1. The first-order valence-corrected chi connectivity index (χ1v) is 8.96. The lowest BCUT2D eigenvalue weighted by atomic mass is 10.2. The normalized spacial score (nSPS) is 12.0. The number of benzene rings is 1. The van der Waals surface area contributed by atoms with E-state index in [0.29, 0.717) is 23.9 Å². The number of carbonyl (C=O) groups is 1. The molecule has 0 bridgehead atoms. The molecule has 1 amide bonds. The Hall–Kier alpha value is -2.22. The molecule has 1 heterocycles. The number of carbonyl (C=O) groups excluding carboxylic acids is 1. The highest BCUT2D eigenvalue weighted by Crippen LogP contribution is 2.26. The van der Waals surface area contributed by atoms with Crippen molar-refractivity contribution in [3.63, 3.8) is 0 Å². The Morgan fingerprint density at radius 2 is 2.00 bits per heavy atom. The molecule has 24 heavy (non-hydrogen) atoms. The summed E-state index contributed by atoms with van der Waals surface area (Å²) < 4.78 is 7.09. The first-order valence-electron chi connectivity index (χ1n) is 7.97. The van der Waals surface area contributed by atoms with E-state index < -0.39 is 6.04 Å². The van der Waals surface area contributed by atoms with Gasteiger partial charge in [0.2, 0.25) is 11.9 Å². The van der Waals surface area contributed by atoms with Crippen LogP contribution in [-0.4, -0.2) is 33.0 Å². The second-order valence-electron chi connectivity index (χ2n) is 5.01. The minimum atomic E-state index is -0.458. The van der Waals surface area contributed by atoms with E-state index >= 15 is 0 Å². The number of nitrogens with zero attached hydrogens (tertiary/aromatic N) is 3. The summed E-state index contributed by atoms with van der Waals surface area (Å²) in [6, 6.07) is 6.82. The molecule has 0 saturated carbocycles. The Bertz CT molecular complexity index is 672. The van der Waals surface area contributed by atoms with E-state index in [1.807, 2.05) is 45.0 Å². The Morgan fingerprint density at radius 1 is 1.29 bits per heavy atom. The van der Waals surface area contributed by atoms with Crippen LogP contribution in [0.3, 0.4) is 0 Å². The zero-order chi connectivity index (χ0) is 17.5. The number of nitrogen functional groups attached to an aromatic ring is 1. The standard InChI is InChI=1S/C16H23N5O2S/c1-4-13(21-15(17)19-20-16(21)24-6-3)14(22)18-11-7-9-12(10-8-11)23-5-2/h7-10,13H,4-6H2,1-3H3,(H2,17,19)(H,18,22)/t13-/m0/s1. The fourth-order valence-electron chi connectivity index (χ4n) is 2.32. The van der Waals surface area contributed by atoms with Crippen LogP contribution in [-0.2, 0) is 4.79 Å². The molecular weight excluding hydrogens is 326 g/mol. The summed E-state index contributed by atoms with van der Waals surface area (Å²) in [6.45, 7) is 6.48. The van der Waals surface area contributed by atoms with Crippen LogP contribution in [0.15, 0.2) is 29.4 Å². The van der Waals surface area contributed by atoms with Crippen LogP contribution in [0.25, 0.3) is 0 Å². The number of rotatable bonds is 8. The molecule has 0 radical (unpaired) electrons. The summed E-state index contributed by atoms with van der Waals surface area (Å²) in [4.78, 5) is 12.7. The van der Waals surface area contributed by atoms with Gasteiger partial charge >= 0.3 is 0 Å². The highest BCUT2D eigenvalue weighted by atomic mass is 32.2. The van der Waals surface area contributed by atoms with Gasteiger partial charge in [0.25, 0.3) is 0 Å². The van der Waals surface area contributed by atoms with E-state index in [1.54, 1.807) is 4.57 Å². The van der Waals surface area contributed by atoms with Gasteiger partial charge in [0.15, 0.2) is 5.16 Å². The third-order valence-electron chi connectivity index (χ3n) is 3.40. The molecule has 7 nitrogen and oxygen atoms in total. The number of hydrogen-bond donors (Lipinski definition) is 2. The molecule has 0 aliphatic rings. The number of anilines is 2. The molecule has 0 unspecified atom stereocenters. The van der Waals surface area contributed by atoms with E-state index in [1.165, 1.54) is 11.8 Å². The third kappa shape index (κ3) is 4.19. The van der Waals surface area contributed by atoms with Crippen molar-refractivity contribution in [2.24, 2.45) is 0 Å². The Kier molecular flexibility index (Phi) is 6.48. The molecule has 1 aromatic heterocycles. The molecule has 8 heteroatoms. The average Bonchev–Trinajstić information content (AvgIpc) is 2.92. The van der Waals surface area contributed by atoms with Crippen molar-refractivity contribution in [2.75, 3.05) is 23.4 Å². The van der Waals surface area contributed by atoms with Gasteiger partial charge in [-0.05, 0) is 43.4 Å². The van der Waals surface area contributed by atoms with Gasteiger partial charge in [0.1, 0.15) is 11.8 Å². The summed E-state index contributed by atoms with van der Waals surface area (Å²) in [5.41, 5.74) is 6.62. The van der Waals surface area contributed by atoms with Gasteiger partial charge in [0.05, 0.1) is 6.61 Å². The van der Waals surface area contributed by atoms with Crippen LogP contribution in [0, 0.1) is 0 Å². The molecule has 3 N–H and O–H groups in total. The fraction of sp³-hybridized carbons (Fsp3) is 0.438. The van der Waals surface area contributed by atoms with Crippen LogP contribution in [0.2, 0.25) is 0 Å². The Morgan fingerprint density at radius 3 is 2.58 bits per heavy atom. The summed E-state index contributed by atoms with van der Waals surface area (Å²) >= 11 is 1.51. The lowest BCUT2D eigenvalue weighted by Crippen LogP contribution is -2.27. The average molecular weight is 349 g/mol. The van der Waals surface area contributed by atoms with Crippen molar-refractivity contribution < 1.29 is 9.53 Å². The topological polar surface area (TPSA) is 95.1 Å². The second-order valence-corrected chi connectivity index (χ2v) is 6.25. The van der Waals surface area contributed by atoms with Gasteiger partial charge in [0, 0.05) is 5.69 Å². The quantitative estimate of drug-likeness (QED) is 0.712. The smallest absolute Gasteiger partial charge is 0.247 e. The monoisotopic (exact) mass is 349 g/mol. The Labute approximate surface area is 146 Å². The summed E-state index contributed by atoms with van der Waals surface area (Å²) in [5.74, 6) is 1.70. The number of thioether (sulfide) groups is 1. The molecular formula is C16H23N5O2S. The predicted octanol–water partition coefficient (Wildman–Crippen LogP) is 2.96. The molecule has 0 fully saturated rings. The van der Waals surface area contributed by atoms with Crippen molar-refractivity contribution in [3.05, 3.63) is 24.3 Å². The van der Waals surface area contributed by atoms with E-state index in [2.05, 4.69) is 15.5 Å². The molecule has 0 saturated heterocycles. The first-order chi connectivity index (χ1) is 11.6. The van der Waals surface area contributed by atoms with Crippen molar-refractivity contribution >= 4 is 29.3 Å². The van der Waals surface area contributed by atoms with Crippen LogP contribution in [0.5, 0.6) is 5.75 Å². The maximum atomic E-state index is 12.7. The van der Waals surface area contributed by atoms with Gasteiger partial charge < -0.3 is 15.8 Å². The number of aromatic nitrogens is 3. The zero-order valence-electron chi connectivity index (χ0n) is 14.2. The van der Waals surface area contributed by atoms with Crippen molar-refractivity contribution in [1.82, 2.24) is 14.8 Å². The van der Waals surface area contributed by atoms with Crippen LogP contribution < -0.4 is 15.8 Å². The number of hydrogen-bond acceptors (Lipinski definition) is 6. The maximum Gasteiger partial charge on any atom is 0.247 e. The van der Waals surface area contributed by atoms with Gasteiger partial charge in [-0.25, -0.2) is 0 Å². The largest absolute Gasteiger partial charge is 0.494 e. The number of ether oxygens (including phenoxy) is 1. The van der Waals surface area contributed by atoms with Gasteiger partial charge in [-0.15, -0.1) is 10.2 Å². The third-order valence-corrected chi connectivity index (χ3v) is 4.22. The lowest BCUT2D eigenvalue weighted by Gasteiger charge is -2.19. The van der Waals surface area contributed by atoms with Crippen LogP contribution in [0.1, 0.15) is 33.2 Å². The summed E-state index contributed by atoms with van der Waals surface area (Å²) in [6.07, 6.45) is 0.586. The highest BCUT2D eigenvalue weighted by Gasteiger charge is 2.24. The number of nitrogens with two attached hydrogens (primary N) is 1. The van der Waals surface area contributed by atoms with E-state index in [4.69, 9.17) is 10.5 Å². The molecule has 0 spiro atoms. The second kappa shape index (κ2) is 8.58. The number of nitrogens with one attached hydrogen (secondary N) is 1. The summed E-state index contributed by atoms with van der Waals surface area (Å²) in [7, 11) is 0. The molecule has 1 atom stereocenters. The van der Waals surface area contributed by atoms with Gasteiger partial charge in [-0.2, -0.15) is 0 Å². The fourth-order valence-corrected chi connectivity index (χ4v) is 3.04. The minimum Gasteiger partial charge on any atom is -0.494 e. The predicted molar refractivity (Wildman–Crippen MR) is 96.4 cm³/mol. The molecule has 2 rings (SSSR count). The summed E-state index contributed by atoms with van der Waals surface area (Å²) in [5, 5.41) is 11.5. The van der Waals surface area contributed by atoms with Crippen molar-refractivity contribution in [3.8, 4) is 5.75 Å². The first kappa shape index (κ1) is 18.1. The highest BCUT2D eigenvalue weighted by molar-refractivity contribution is 7.99. The Balaban J connectivity index is 2.15. The van der Waals surface area contributed by atoms with Gasteiger partial charge in [-0.1, -0.05) is 25.6 Å². The molecule has 2 aromatic rings. The van der Waals surface area contributed by atoms with Crippen LogP contribution >= 0.6 is 11.8 Å². The van der Waals surface area contributed by atoms with Gasteiger partial charge in [-0.3, -0.25) is 9.36 Å². The molecule has 0 aliphatic heterocycles. The maximum absolute atomic E-state index is 12.7. The van der Waals surface area contributed by atoms with Crippen LogP contribution in [0.4, 0.5) is 11.6 Å². The minimum absolute atomic E-state index is 0.147. The van der Waals surface area contributed by atoms with Crippen molar-refractivity contribution in [2.45, 2.75) is 38.4 Å². The van der Waals surface area contributed by atoms with E-state index in [0.717, 1.165) is 11.5 Å². The lowest BCUT2D eigenvalue weighted by molar-refractivity contribution is -0.119.